The summed E-state index contributed by atoms with van der Waals surface area (Å²) in [6.45, 7) is 6.20. The second-order valence-electron chi connectivity index (χ2n) is 7.28. The molecule has 2 rings (SSSR count). The normalized spacial score (nSPS) is 10.3. The average molecular weight is 457 g/mol. The maximum Gasteiger partial charge on any atom is 0.269 e. The molecule has 2 aromatic heterocycles. The van der Waals surface area contributed by atoms with Gasteiger partial charge in [0, 0.05) is 13.1 Å². The smallest absolute Gasteiger partial charge is 0.269 e. The molecular formula is C23H32N6O2S. The first kappa shape index (κ1) is 25.2. The Labute approximate surface area is 195 Å². The van der Waals surface area contributed by atoms with Crippen molar-refractivity contribution in [2.45, 2.75) is 52.6 Å². The van der Waals surface area contributed by atoms with E-state index >= 15 is 0 Å². The van der Waals surface area contributed by atoms with Crippen LogP contribution in [0.4, 0.5) is 0 Å². The quantitative estimate of drug-likeness (QED) is 0.287. The van der Waals surface area contributed by atoms with Crippen LogP contribution in [0, 0.1) is 0 Å². The van der Waals surface area contributed by atoms with Crippen LogP contribution >= 0.6 is 12.2 Å². The van der Waals surface area contributed by atoms with Crippen LogP contribution in [0.25, 0.3) is 0 Å². The average Bonchev–Trinajstić information content (AvgIpc) is 2.82. The molecule has 0 fully saturated rings. The summed E-state index contributed by atoms with van der Waals surface area (Å²) in [6, 6.07) is 10.7. The second kappa shape index (κ2) is 14.1. The molecule has 0 atom stereocenters. The highest BCUT2D eigenvalue weighted by Gasteiger charge is 2.09. The summed E-state index contributed by atoms with van der Waals surface area (Å²) in [6.07, 6.45) is 3.92. The summed E-state index contributed by atoms with van der Waals surface area (Å²) >= 11 is 5.33. The number of hydrogen-bond donors (Lipinski definition) is 4. The Kier molecular flexibility index (Phi) is 11.1. The summed E-state index contributed by atoms with van der Waals surface area (Å²) in [4.78, 5) is 33.1. The van der Waals surface area contributed by atoms with E-state index in [-0.39, 0.29) is 11.8 Å². The van der Waals surface area contributed by atoms with Crippen molar-refractivity contribution in [1.82, 2.24) is 31.2 Å². The van der Waals surface area contributed by atoms with Crippen molar-refractivity contribution >= 4 is 29.1 Å². The fraction of sp³-hybridized carbons (Fsp3) is 0.435. The molecule has 4 N–H and O–H groups in total. The molecule has 172 valence electrons. The van der Waals surface area contributed by atoms with Gasteiger partial charge in [-0.15, -0.1) is 0 Å². The lowest BCUT2D eigenvalue weighted by molar-refractivity contribution is 0.0940. The van der Waals surface area contributed by atoms with E-state index in [4.69, 9.17) is 12.2 Å². The largest absolute Gasteiger partial charge is 0.357 e. The number of nitrogens with one attached hydrogen (secondary N) is 4. The minimum Gasteiger partial charge on any atom is -0.357 e. The van der Waals surface area contributed by atoms with E-state index in [1.807, 2.05) is 12.1 Å². The molecule has 0 bridgehead atoms. The molecule has 0 aliphatic rings. The van der Waals surface area contributed by atoms with Gasteiger partial charge in [0.2, 0.25) is 0 Å². The van der Waals surface area contributed by atoms with Crippen LogP contribution in [-0.2, 0) is 13.1 Å². The van der Waals surface area contributed by atoms with Crippen molar-refractivity contribution in [3.05, 3.63) is 59.2 Å². The Morgan fingerprint density at radius 2 is 1.19 bits per heavy atom. The van der Waals surface area contributed by atoms with E-state index in [9.17, 15) is 9.59 Å². The van der Waals surface area contributed by atoms with Gasteiger partial charge in [-0.1, -0.05) is 38.8 Å². The summed E-state index contributed by atoms with van der Waals surface area (Å²) < 4.78 is 0. The molecular weight excluding hydrogens is 424 g/mol. The molecule has 8 nitrogen and oxygen atoms in total. The molecule has 0 radical (unpaired) electrons. The molecule has 32 heavy (non-hydrogen) atoms. The van der Waals surface area contributed by atoms with Crippen molar-refractivity contribution in [3.8, 4) is 0 Å². The zero-order chi connectivity index (χ0) is 23.2. The lowest BCUT2D eigenvalue weighted by Crippen LogP contribution is -2.35. The van der Waals surface area contributed by atoms with Gasteiger partial charge in [0.1, 0.15) is 11.4 Å². The van der Waals surface area contributed by atoms with Gasteiger partial charge in [-0.2, -0.15) is 0 Å². The van der Waals surface area contributed by atoms with Crippen molar-refractivity contribution < 1.29 is 9.59 Å². The minimum absolute atomic E-state index is 0.175. The van der Waals surface area contributed by atoms with Crippen LogP contribution in [0.3, 0.4) is 0 Å². The number of carbonyl (C=O) groups is 2. The van der Waals surface area contributed by atoms with Gasteiger partial charge in [0.25, 0.3) is 11.8 Å². The van der Waals surface area contributed by atoms with Crippen LogP contribution < -0.4 is 21.3 Å². The highest BCUT2D eigenvalue weighted by Crippen LogP contribution is 2.02. The minimum atomic E-state index is -0.175. The third-order valence-corrected chi connectivity index (χ3v) is 4.86. The lowest BCUT2D eigenvalue weighted by Gasteiger charge is -2.11. The van der Waals surface area contributed by atoms with E-state index in [2.05, 4.69) is 45.1 Å². The SMILES string of the molecule is CCCCNC(=O)c1cccc(CNC(=S)NCc2cccc(C(=O)NCCCC)n2)n1. The number of rotatable bonds is 12. The maximum atomic E-state index is 12.2. The molecule has 0 aliphatic heterocycles. The van der Waals surface area contributed by atoms with Gasteiger partial charge in [-0.05, 0) is 49.3 Å². The standard InChI is InChI=1S/C23H32N6O2S/c1-3-5-13-24-21(30)19-11-7-9-17(28-19)15-26-23(32)27-16-18-10-8-12-20(29-18)22(31)25-14-6-4-2/h7-12H,3-6,13-16H2,1-2H3,(H,24,30)(H,25,31)(H2,26,27,32). The van der Waals surface area contributed by atoms with E-state index in [1.165, 1.54) is 0 Å². The number of nitrogens with zero attached hydrogens (tertiary/aromatic N) is 2. The van der Waals surface area contributed by atoms with Gasteiger partial charge in [-0.3, -0.25) is 9.59 Å². The number of hydrogen-bond acceptors (Lipinski definition) is 5. The molecule has 0 saturated carbocycles. The fourth-order valence-corrected chi connectivity index (χ4v) is 2.90. The molecule has 2 aromatic rings. The number of amides is 2. The van der Waals surface area contributed by atoms with E-state index in [0.29, 0.717) is 54.1 Å². The van der Waals surface area contributed by atoms with Crippen molar-refractivity contribution in [2.24, 2.45) is 0 Å². The zero-order valence-electron chi connectivity index (χ0n) is 18.7. The van der Waals surface area contributed by atoms with Crippen LogP contribution in [0.5, 0.6) is 0 Å². The molecule has 9 heteroatoms. The lowest BCUT2D eigenvalue weighted by atomic mass is 10.2. The number of carbonyl (C=O) groups excluding carboxylic acids is 2. The molecule has 0 saturated heterocycles. The van der Waals surface area contributed by atoms with Crippen molar-refractivity contribution in [2.75, 3.05) is 13.1 Å². The fourth-order valence-electron chi connectivity index (χ4n) is 2.75. The van der Waals surface area contributed by atoms with Gasteiger partial charge >= 0.3 is 0 Å². The summed E-state index contributed by atoms with van der Waals surface area (Å²) in [5, 5.41) is 12.3. The van der Waals surface area contributed by atoms with Crippen molar-refractivity contribution in [3.63, 3.8) is 0 Å². The third-order valence-electron chi connectivity index (χ3n) is 4.57. The van der Waals surface area contributed by atoms with Crippen molar-refractivity contribution in [1.29, 1.82) is 0 Å². The zero-order valence-corrected chi connectivity index (χ0v) is 19.6. The van der Waals surface area contributed by atoms with Crippen LogP contribution in [0.1, 0.15) is 71.9 Å². The Morgan fingerprint density at radius 1 is 0.750 bits per heavy atom. The molecule has 0 unspecified atom stereocenters. The first-order valence-corrected chi connectivity index (χ1v) is 11.4. The first-order chi connectivity index (χ1) is 15.5. The predicted molar refractivity (Wildman–Crippen MR) is 129 cm³/mol. The highest BCUT2D eigenvalue weighted by atomic mass is 32.1. The molecule has 0 aliphatic carbocycles. The van der Waals surface area contributed by atoms with Gasteiger partial charge in [0.05, 0.1) is 24.5 Å². The van der Waals surface area contributed by atoms with Gasteiger partial charge < -0.3 is 21.3 Å². The van der Waals surface area contributed by atoms with E-state index in [0.717, 1.165) is 25.7 Å². The Balaban J connectivity index is 1.80. The second-order valence-corrected chi connectivity index (χ2v) is 7.69. The van der Waals surface area contributed by atoms with Gasteiger partial charge in [0.15, 0.2) is 5.11 Å². The molecule has 2 amide bonds. The van der Waals surface area contributed by atoms with Crippen LogP contribution in [0.2, 0.25) is 0 Å². The van der Waals surface area contributed by atoms with Crippen LogP contribution in [-0.4, -0.2) is 40.0 Å². The number of unbranched alkanes of at least 4 members (excludes halogenated alkanes) is 2. The maximum absolute atomic E-state index is 12.2. The van der Waals surface area contributed by atoms with E-state index < -0.39 is 0 Å². The molecule has 2 heterocycles. The van der Waals surface area contributed by atoms with E-state index in [1.54, 1.807) is 24.3 Å². The summed E-state index contributed by atoms with van der Waals surface area (Å²) in [5.74, 6) is -0.351. The topological polar surface area (TPSA) is 108 Å². The number of thiocarbonyl (C=S) groups is 1. The monoisotopic (exact) mass is 456 g/mol. The summed E-state index contributed by atoms with van der Waals surface area (Å²) in [7, 11) is 0. The molecule has 0 spiro atoms. The third kappa shape index (κ3) is 8.97. The first-order valence-electron chi connectivity index (χ1n) is 11.0. The number of aromatic nitrogens is 2. The van der Waals surface area contributed by atoms with Gasteiger partial charge in [-0.25, -0.2) is 9.97 Å². The Hall–Kier alpha value is -3.07. The predicted octanol–water partition coefficient (Wildman–Crippen LogP) is 2.70. The highest BCUT2D eigenvalue weighted by molar-refractivity contribution is 7.80. The Bertz CT molecular complexity index is 834. The summed E-state index contributed by atoms with van der Waals surface area (Å²) in [5.41, 5.74) is 2.19. The Morgan fingerprint density at radius 3 is 1.59 bits per heavy atom. The van der Waals surface area contributed by atoms with Crippen LogP contribution in [0.15, 0.2) is 36.4 Å². The number of pyridine rings is 2. The molecule has 0 aromatic carbocycles.